The van der Waals surface area contributed by atoms with Crippen molar-refractivity contribution in [1.29, 1.82) is 0 Å². The van der Waals surface area contributed by atoms with Gasteiger partial charge in [0.25, 0.3) is 0 Å². The molecule has 0 spiro atoms. The zero-order valence-corrected chi connectivity index (χ0v) is 16.2. The first-order chi connectivity index (χ1) is 13.1. The third-order valence-electron chi connectivity index (χ3n) is 4.80. The summed E-state index contributed by atoms with van der Waals surface area (Å²) in [5, 5.41) is 3.48. The first kappa shape index (κ1) is 19.6. The molecule has 1 aliphatic rings. The number of imidazole rings is 1. The molecule has 0 amide bonds. The molecule has 0 bridgehead atoms. The molecule has 0 aliphatic carbocycles. The van der Waals surface area contributed by atoms with Crippen molar-refractivity contribution in [3.63, 3.8) is 0 Å². The minimum absolute atomic E-state index is 0.00314. The lowest BCUT2D eigenvalue weighted by molar-refractivity contribution is 0.190. The molecule has 1 fully saturated rings. The minimum atomic E-state index is -0.220. The summed E-state index contributed by atoms with van der Waals surface area (Å²) in [7, 11) is 0. The summed E-state index contributed by atoms with van der Waals surface area (Å²) < 4.78 is 12.7. The number of aromatic nitrogens is 4. The minimum Gasteiger partial charge on any atom is -0.460 e. The summed E-state index contributed by atoms with van der Waals surface area (Å²) in [6, 6.07) is 0.676. The monoisotopic (exact) mass is 378 g/mol. The number of fused-ring (bicyclic) bond motifs is 1. The summed E-state index contributed by atoms with van der Waals surface area (Å²) in [4.78, 5) is 23.7. The molecule has 2 aromatic heterocycles. The molecule has 0 radical (unpaired) electrons. The van der Waals surface area contributed by atoms with E-state index in [1.165, 1.54) is 0 Å². The van der Waals surface area contributed by atoms with Crippen LogP contribution in [0.25, 0.3) is 11.2 Å². The van der Waals surface area contributed by atoms with E-state index >= 15 is 0 Å². The standard InChI is InChI=1S/C18H30N6O3/c1-3-6-12(2)27-17-22-15(19)14-16(23-17)24(18(25)21-14)9-5-4-8-20-13-7-10-26-11-13/h12-13,20H,3-11H2,1-2H3,(H,21,25)(H2,19,22,23)/t12-,13-/m0/s1. The Morgan fingerprint density at radius 2 is 2.30 bits per heavy atom. The van der Waals surface area contributed by atoms with Gasteiger partial charge < -0.3 is 25.5 Å². The number of nitrogen functional groups attached to an aromatic ring is 1. The van der Waals surface area contributed by atoms with Crippen molar-refractivity contribution < 1.29 is 9.47 Å². The topological polar surface area (TPSA) is 120 Å². The van der Waals surface area contributed by atoms with Crippen LogP contribution in [-0.2, 0) is 11.3 Å². The quantitative estimate of drug-likeness (QED) is 0.535. The molecule has 9 nitrogen and oxygen atoms in total. The smallest absolute Gasteiger partial charge is 0.327 e. The van der Waals surface area contributed by atoms with Crippen LogP contribution in [0, 0.1) is 0 Å². The molecule has 1 aliphatic heterocycles. The molecule has 2 atom stereocenters. The highest BCUT2D eigenvalue weighted by atomic mass is 16.5. The van der Waals surface area contributed by atoms with Gasteiger partial charge in [-0.25, -0.2) is 4.79 Å². The van der Waals surface area contributed by atoms with E-state index in [4.69, 9.17) is 15.2 Å². The van der Waals surface area contributed by atoms with Crippen molar-refractivity contribution >= 4 is 17.0 Å². The number of unbranched alkanes of at least 4 members (excludes halogenated alkanes) is 1. The van der Waals surface area contributed by atoms with E-state index in [1.54, 1.807) is 4.57 Å². The van der Waals surface area contributed by atoms with E-state index in [9.17, 15) is 4.79 Å². The lowest BCUT2D eigenvalue weighted by Crippen LogP contribution is -2.30. The molecule has 4 N–H and O–H groups in total. The van der Waals surface area contributed by atoms with Crippen LogP contribution >= 0.6 is 0 Å². The van der Waals surface area contributed by atoms with Gasteiger partial charge in [-0.15, -0.1) is 0 Å². The first-order valence-electron chi connectivity index (χ1n) is 9.82. The molecule has 3 rings (SSSR count). The van der Waals surface area contributed by atoms with Crippen LogP contribution in [0.5, 0.6) is 6.01 Å². The maximum atomic E-state index is 12.3. The van der Waals surface area contributed by atoms with Crippen molar-refractivity contribution in [3.05, 3.63) is 10.5 Å². The molecule has 27 heavy (non-hydrogen) atoms. The second-order valence-corrected chi connectivity index (χ2v) is 7.11. The van der Waals surface area contributed by atoms with E-state index in [0.717, 1.165) is 51.9 Å². The number of aromatic amines is 1. The van der Waals surface area contributed by atoms with Gasteiger partial charge in [0.05, 0.1) is 12.7 Å². The second kappa shape index (κ2) is 9.18. The zero-order chi connectivity index (χ0) is 19.2. The number of aryl methyl sites for hydroxylation is 1. The van der Waals surface area contributed by atoms with E-state index in [0.29, 0.717) is 23.8 Å². The lowest BCUT2D eigenvalue weighted by Gasteiger charge is -2.12. The van der Waals surface area contributed by atoms with Gasteiger partial charge in [-0.2, -0.15) is 9.97 Å². The first-order valence-corrected chi connectivity index (χ1v) is 9.82. The van der Waals surface area contributed by atoms with Gasteiger partial charge in [0.1, 0.15) is 5.52 Å². The van der Waals surface area contributed by atoms with Crippen molar-refractivity contribution in [3.8, 4) is 6.01 Å². The predicted octanol–water partition coefficient (Wildman–Crippen LogP) is 1.43. The number of hydrogen-bond donors (Lipinski definition) is 3. The fraction of sp³-hybridized carbons (Fsp3) is 0.722. The highest BCUT2D eigenvalue weighted by Crippen LogP contribution is 2.19. The number of ether oxygens (including phenoxy) is 2. The molecule has 3 heterocycles. The number of H-pyrrole nitrogens is 1. The van der Waals surface area contributed by atoms with Crippen LogP contribution in [0.1, 0.15) is 46.0 Å². The Bertz CT molecular complexity index is 796. The number of nitrogens with zero attached hydrogens (tertiary/aromatic N) is 3. The Kier molecular flexibility index (Phi) is 6.68. The molecule has 1 saturated heterocycles. The van der Waals surface area contributed by atoms with Crippen LogP contribution in [0.3, 0.4) is 0 Å². The maximum Gasteiger partial charge on any atom is 0.327 e. The summed E-state index contributed by atoms with van der Waals surface area (Å²) in [5.74, 6) is 0.234. The lowest BCUT2D eigenvalue weighted by atomic mass is 10.2. The summed E-state index contributed by atoms with van der Waals surface area (Å²) in [6.07, 6.45) is 4.80. The van der Waals surface area contributed by atoms with E-state index in [1.807, 2.05) is 6.92 Å². The van der Waals surface area contributed by atoms with Gasteiger partial charge in [0.2, 0.25) is 0 Å². The maximum absolute atomic E-state index is 12.3. The van der Waals surface area contributed by atoms with Gasteiger partial charge in [0, 0.05) is 19.2 Å². The molecule has 0 aromatic carbocycles. The normalized spacial score (nSPS) is 18.2. The fourth-order valence-electron chi connectivity index (χ4n) is 3.33. The third-order valence-corrected chi connectivity index (χ3v) is 4.80. The van der Waals surface area contributed by atoms with Crippen LogP contribution in [-0.4, -0.2) is 51.4 Å². The van der Waals surface area contributed by atoms with E-state index in [2.05, 4.69) is 27.2 Å². The molecule has 0 saturated carbocycles. The molecule has 0 unspecified atom stereocenters. The number of hydrogen-bond acceptors (Lipinski definition) is 7. The number of nitrogens with one attached hydrogen (secondary N) is 2. The van der Waals surface area contributed by atoms with Crippen LogP contribution in [0.2, 0.25) is 0 Å². The van der Waals surface area contributed by atoms with Crippen molar-refractivity contribution in [2.24, 2.45) is 0 Å². The molecular formula is C18H30N6O3. The van der Waals surface area contributed by atoms with E-state index in [-0.39, 0.29) is 23.6 Å². The summed E-state index contributed by atoms with van der Waals surface area (Å²) in [6.45, 7) is 7.17. The highest BCUT2D eigenvalue weighted by molar-refractivity contribution is 5.81. The molecule has 150 valence electrons. The van der Waals surface area contributed by atoms with Crippen molar-refractivity contribution in [2.45, 2.75) is 64.6 Å². The average molecular weight is 378 g/mol. The predicted molar refractivity (Wildman–Crippen MR) is 104 cm³/mol. The number of rotatable bonds is 10. The highest BCUT2D eigenvalue weighted by Gasteiger charge is 2.16. The molecule has 9 heteroatoms. The average Bonchev–Trinajstić information content (AvgIpc) is 3.24. The zero-order valence-electron chi connectivity index (χ0n) is 16.2. The Morgan fingerprint density at radius 3 is 3.04 bits per heavy atom. The Morgan fingerprint density at radius 1 is 1.44 bits per heavy atom. The largest absolute Gasteiger partial charge is 0.460 e. The molecule has 2 aromatic rings. The van der Waals surface area contributed by atoms with Crippen molar-refractivity contribution in [1.82, 2.24) is 24.8 Å². The van der Waals surface area contributed by atoms with Gasteiger partial charge in [-0.3, -0.25) is 4.57 Å². The molecular weight excluding hydrogens is 348 g/mol. The Labute approximate surface area is 158 Å². The number of anilines is 1. The van der Waals surface area contributed by atoms with Crippen molar-refractivity contribution in [2.75, 3.05) is 25.5 Å². The second-order valence-electron chi connectivity index (χ2n) is 7.11. The Hall–Kier alpha value is -2.13. The van der Waals surface area contributed by atoms with Gasteiger partial charge in [0.15, 0.2) is 11.5 Å². The third kappa shape index (κ3) is 4.98. The fourth-order valence-corrected chi connectivity index (χ4v) is 3.33. The number of nitrogens with two attached hydrogens (primary N) is 1. The van der Waals surface area contributed by atoms with Gasteiger partial charge in [-0.1, -0.05) is 13.3 Å². The SMILES string of the molecule is CCC[C@H](C)Oc1nc(N)c2[nH]c(=O)n(CCCCN[C@H]3CCOC3)c2n1. The van der Waals surface area contributed by atoms with Crippen LogP contribution in [0.4, 0.5) is 5.82 Å². The van der Waals surface area contributed by atoms with Crippen LogP contribution in [0.15, 0.2) is 4.79 Å². The summed E-state index contributed by atoms with van der Waals surface area (Å²) >= 11 is 0. The van der Waals surface area contributed by atoms with Gasteiger partial charge >= 0.3 is 11.7 Å². The van der Waals surface area contributed by atoms with Gasteiger partial charge in [-0.05, 0) is 39.2 Å². The Balaban J connectivity index is 1.63. The van der Waals surface area contributed by atoms with E-state index < -0.39 is 0 Å². The van der Waals surface area contributed by atoms with Crippen LogP contribution < -0.4 is 21.5 Å². The summed E-state index contributed by atoms with van der Waals surface area (Å²) in [5.41, 5.74) is 6.75.